The van der Waals surface area contributed by atoms with Crippen LogP contribution in [0.1, 0.15) is 17.3 Å². The number of anilines is 1. The summed E-state index contributed by atoms with van der Waals surface area (Å²) >= 11 is 0. The van der Waals surface area contributed by atoms with Crippen molar-refractivity contribution in [2.24, 2.45) is 0 Å². The third-order valence-electron chi connectivity index (χ3n) is 3.80. The van der Waals surface area contributed by atoms with Crippen LogP contribution in [0.15, 0.2) is 42.5 Å². The predicted molar refractivity (Wildman–Crippen MR) is 107 cm³/mol. The van der Waals surface area contributed by atoms with Crippen molar-refractivity contribution < 1.29 is 33.3 Å². The number of rotatable bonds is 11. The number of esters is 1. The zero-order valence-corrected chi connectivity index (χ0v) is 16.7. The third kappa shape index (κ3) is 7.00. The fraction of sp³-hybridized carbons (Fsp3) is 0.333. The van der Waals surface area contributed by atoms with Gasteiger partial charge in [-0.05, 0) is 49.4 Å². The first-order valence-corrected chi connectivity index (χ1v) is 9.07. The number of carbonyl (C=O) groups excluding carboxylic acids is 2. The standard InChI is InChI=1S/C21H25NO7/c1-4-27-11-12-28-21(24)15-5-10-18(19(13-15)26-3)29-14-20(23)22-16-6-8-17(25-2)9-7-16/h5-10,13H,4,11-12,14H2,1-3H3,(H,22,23). The number of methoxy groups -OCH3 is 2. The molecule has 0 fully saturated rings. The SMILES string of the molecule is CCOCCOC(=O)c1ccc(OCC(=O)Nc2ccc(OC)cc2)c(OC)c1. The van der Waals surface area contributed by atoms with Crippen LogP contribution in [-0.2, 0) is 14.3 Å². The molecule has 8 heteroatoms. The summed E-state index contributed by atoms with van der Waals surface area (Å²) in [7, 11) is 3.02. The van der Waals surface area contributed by atoms with E-state index < -0.39 is 5.97 Å². The lowest BCUT2D eigenvalue weighted by atomic mass is 10.2. The Labute approximate surface area is 169 Å². The predicted octanol–water partition coefficient (Wildman–Crippen LogP) is 2.91. The van der Waals surface area contributed by atoms with Gasteiger partial charge in [-0.1, -0.05) is 0 Å². The van der Waals surface area contributed by atoms with Gasteiger partial charge < -0.3 is 29.0 Å². The molecule has 0 atom stereocenters. The van der Waals surface area contributed by atoms with Crippen LogP contribution >= 0.6 is 0 Å². The van der Waals surface area contributed by atoms with E-state index in [2.05, 4.69) is 5.32 Å². The highest BCUT2D eigenvalue weighted by atomic mass is 16.6. The van der Waals surface area contributed by atoms with E-state index in [1.165, 1.54) is 13.2 Å². The fourth-order valence-electron chi connectivity index (χ4n) is 2.35. The first-order chi connectivity index (χ1) is 14.1. The zero-order valence-electron chi connectivity index (χ0n) is 16.7. The zero-order chi connectivity index (χ0) is 21.1. The van der Waals surface area contributed by atoms with Crippen molar-refractivity contribution in [1.82, 2.24) is 0 Å². The minimum absolute atomic E-state index is 0.165. The van der Waals surface area contributed by atoms with E-state index in [1.807, 2.05) is 6.92 Å². The van der Waals surface area contributed by atoms with Gasteiger partial charge in [-0.15, -0.1) is 0 Å². The summed E-state index contributed by atoms with van der Waals surface area (Å²) in [6.45, 7) is 2.70. The molecule has 0 aliphatic heterocycles. The van der Waals surface area contributed by atoms with Crippen molar-refractivity contribution in [3.05, 3.63) is 48.0 Å². The van der Waals surface area contributed by atoms with Crippen molar-refractivity contribution in [3.63, 3.8) is 0 Å². The minimum atomic E-state index is -0.494. The number of hydrogen-bond acceptors (Lipinski definition) is 7. The number of carbonyl (C=O) groups is 2. The van der Waals surface area contributed by atoms with Crippen molar-refractivity contribution >= 4 is 17.6 Å². The molecule has 156 valence electrons. The van der Waals surface area contributed by atoms with Gasteiger partial charge in [0.25, 0.3) is 5.91 Å². The van der Waals surface area contributed by atoms with E-state index in [9.17, 15) is 9.59 Å². The minimum Gasteiger partial charge on any atom is -0.497 e. The molecule has 2 rings (SSSR count). The van der Waals surface area contributed by atoms with E-state index >= 15 is 0 Å². The molecule has 0 unspecified atom stereocenters. The smallest absolute Gasteiger partial charge is 0.338 e. The quantitative estimate of drug-likeness (QED) is 0.455. The van der Waals surface area contributed by atoms with Gasteiger partial charge in [0, 0.05) is 12.3 Å². The summed E-state index contributed by atoms with van der Waals surface area (Å²) in [4.78, 5) is 24.1. The highest BCUT2D eigenvalue weighted by molar-refractivity contribution is 5.92. The Bertz CT molecular complexity index is 805. The molecule has 8 nitrogen and oxygen atoms in total. The van der Waals surface area contributed by atoms with Crippen molar-refractivity contribution in [2.45, 2.75) is 6.92 Å². The van der Waals surface area contributed by atoms with E-state index in [-0.39, 0.29) is 19.1 Å². The van der Waals surface area contributed by atoms with Crippen LogP contribution in [0, 0.1) is 0 Å². The van der Waals surface area contributed by atoms with Gasteiger partial charge in [-0.25, -0.2) is 4.79 Å². The summed E-state index contributed by atoms with van der Waals surface area (Å²) in [6.07, 6.45) is 0. The number of amides is 1. The van der Waals surface area contributed by atoms with Crippen molar-refractivity contribution in [2.75, 3.05) is 46.0 Å². The molecule has 0 spiro atoms. The van der Waals surface area contributed by atoms with E-state index in [0.29, 0.717) is 41.7 Å². The Kier molecular flexibility index (Phi) is 8.78. The van der Waals surface area contributed by atoms with Crippen molar-refractivity contribution in [1.29, 1.82) is 0 Å². The lowest BCUT2D eigenvalue weighted by molar-refractivity contribution is -0.118. The average molecular weight is 403 g/mol. The monoisotopic (exact) mass is 403 g/mol. The van der Waals surface area contributed by atoms with Gasteiger partial charge in [-0.3, -0.25) is 4.79 Å². The van der Waals surface area contributed by atoms with Crippen LogP contribution in [0.25, 0.3) is 0 Å². The first-order valence-electron chi connectivity index (χ1n) is 9.07. The lowest BCUT2D eigenvalue weighted by Crippen LogP contribution is -2.20. The van der Waals surface area contributed by atoms with Gasteiger partial charge in [0.2, 0.25) is 0 Å². The van der Waals surface area contributed by atoms with E-state index in [4.69, 9.17) is 23.7 Å². The molecule has 1 N–H and O–H groups in total. The Balaban J connectivity index is 1.90. The topological polar surface area (TPSA) is 92.3 Å². The Morgan fingerprint density at radius 1 is 0.931 bits per heavy atom. The van der Waals surface area contributed by atoms with E-state index in [1.54, 1.807) is 43.5 Å². The Morgan fingerprint density at radius 3 is 2.34 bits per heavy atom. The largest absolute Gasteiger partial charge is 0.497 e. The normalized spacial score (nSPS) is 10.2. The summed E-state index contributed by atoms with van der Waals surface area (Å²) < 4.78 is 26.1. The molecule has 0 saturated heterocycles. The van der Waals surface area contributed by atoms with E-state index in [0.717, 1.165) is 0 Å². The van der Waals surface area contributed by atoms with Crippen LogP contribution in [0.5, 0.6) is 17.2 Å². The maximum absolute atomic E-state index is 12.1. The van der Waals surface area contributed by atoms with Crippen LogP contribution in [0.4, 0.5) is 5.69 Å². The summed E-state index contributed by atoms with van der Waals surface area (Å²) in [5, 5.41) is 2.72. The molecular formula is C21H25NO7. The first kappa shape index (κ1) is 22.0. The van der Waals surface area contributed by atoms with Crippen LogP contribution in [0.3, 0.4) is 0 Å². The molecule has 0 aromatic heterocycles. The second-order valence-corrected chi connectivity index (χ2v) is 5.76. The number of benzene rings is 2. The van der Waals surface area contributed by atoms with Crippen LogP contribution in [0.2, 0.25) is 0 Å². The summed E-state index contributed by atoms with van der Waals surface area (Å²) in [6, 6.07) is 11.5. The van der Waals surface area contributed by atoms with Gasteiger partial charge >= 0.3 is 5.97 Å². The fourth-order valence-corrected chi connectivity index (χ4v) is 2.35. The molecule has 0 heterocycles. The Morgan fingerprint density at radius 2 is 1.69 bits per heavy atom. The van der Waals surface area contributed by atoms with Gasteiger partial charge in [0.1, 0.15) is 12.4 Å². The Hall–Kier alpha value is -3.26. The maximum atomic E-state index is 12.1. The number of ether oxygens (including phenoxy) is 5. The molecule has 0 bridgehead atoms. The van der Waals surface area contributed by atoms with Gasteiger partial charge in [-0.2, -0.15) is 0 Å². The third-order valence-corrected chi connectivity index (χ3v) is 3.80. The van der Waals surface area contributed by atoms with Crippen LogP contribution < -0.4 is 19.5 Å². The van der Waals surface area contributed by atoms with Crippen molar-refractivity contribution in [3.8, 4) is 17.2 Å². The number of hydrogen-bond donors (Lipinski definition) is 1. The molecule has 2 aromatic carbocycles. The second-order valence-electron chi connectivity index (χ2n) is 5.76. The maximum Gasteiger partial charge on any atom is 0.338 e. The molecule has 0 saturated carbocycles. The molecule has 2 aromatic rings. The number of nitrogens with one attached hydrogen (secondary N) is 1. The summed E-state index contributed by atoms with van der Waals surface area (Å²) in [5.41, 5.74) is 0.935. The van der Waals surface area contributed by atoms with Gasteiger partial charge in [0.15, 0.2) is 18.1 Å². The molecule has 0 aliphatic rings. The molecule has 29 heavy (non-hydrogen) atoms. The highest BCUT2D eigenvalue weighted by Crippen LogP contribution is 2.28. The molecular weight excluding hydrogens is 378 g/mol. The highest BCUT2D eigenvalue weighted by Gasteiger charge is 2.13. The molecule has 1 amide bonds. The van der Waals surface area contributed by atoms with Gasteiger partial charge in [0.05, 0.1) is 26.4 Å². The summed E-state index contributed by atoms with van der Waals surface area (Å²) in [5.74, 6) is 0.522. The van der Waals surface area contributed by atoms with Crippen LogP contribution in [-0.4, -0.2) is 52.5 Å². The lowest BCUT2D eigenvalue weighted by Gasteiger charge is -2.12. The molecule has 0 aliphatic carbocycles. The second kappa shape index (κ2) is 11.6. The average Bonchev–Trinajstić information content (AvgIpc) is 2.75. The molecule has 0 radical (unpaired) electrons.